The molecule has 0 unspecified atom stereocenters. The van der Waals surface area contributed by atoms with Crippen LogP contribution in [0.5, 0.6) is 0 Å². The summed E-state index contributed by atoms with van der Waals surface area (Å²) in [6.07, 6.45) is 2.31. The summed E-state index contributed by atoms with van der Waals surface area (Å²) >= 11 is 5.25. The van der Waals surface area contributed by atoms with E-state index < -0.39 is 5.97 Å². The Labute approximate surface area is 125 Å². The maximum Gasteiger partial charge on any atom is 0.305 e. The SMILES string of the molecule is O=C(O)CCOC1CCN(Cc2cc(Br)cs2)CC1. The summed E-state index contributed by atoms with van der Waals surface area (Å²) in [7, 11) is 0. The highest BCUT2D eigenvalue weighted by molar-refractivity contribution is 9.10. The number of carbonyl (C=O) groups is 1. The van der Waals surface area contributed by atoms with Crippen LogP contribution < -0.4 is 0 Å². The number of piperidine rings is 1. The molecule has 6 heteroatoms. The van der Waals surface area contributed by atoms with Gasteiger partial charge in [-0.05, 0) is 34.8 Å². The van der Waals surface area contributed by atoms with Crippen LogP contribution in [0.2, 0.25) is 0 Å². The van der Waals surface area contributed by atoms with Crippen LogP contribution in [0.25, 0.3) is 0 Å². The number of hydrogen-bond donors (Lipinski definition) is 1. The van der Waals surface area contributed by atoms with Crippen molar-refractivity contribution in [2.45, 2.75) is 31.9 Å². The number of hydrogen-bond acceptors (Lipinski definition) is 4. The fourth-order valence-corrected chi connectivity index (χ4v) is 3.70. The highest BCUT2D eigenvalue weighted by Crippen LogP contribution is 2.23. The Balaban J connectivity index is 1.66. The predicted octanol–water partition coefficient (Wildman–Crippen LogP) is 2.97. The molecule has 0 spiro atoms. The third-order valence-corrected chi connectivity index (χ3v) is 4.89. The Kier molecular flexibility index (Phi) is 5.81. The van der Waals surface area contributed by atoms with Gasteiger partial charge in [0.2, 0.25) is 0 Å². The highest BCUT2D eigenvalue weighted by atomic mass is 79.9. The number of thiophene rings is 1. The second-order valence-corrected chi connectivity index (χ2v) is 6.63. The van der Waals surface area contributed by atoms with Crippen molar-refractivity contribution in [1.82, 2.24) is 4.90 Å². The number of aliphatic carboxylic acids is 1. The summed E-state index contributed by atoms with van der Waals surface area (Å²) < 4.78 is 6.74. The molecule has 1 aromatic rings. The van der Waals surface area contributed by atoms with Gasteiger partial charge in [-0.25, -0.2) is 0 Å². The van der Waals surface area contributed by atoms with E-state index in [0.29, 0.717) is 6.61 Å². The van der Waals surface area contributed by atoms with E-state index in [1.165, 1.54) is 4.88 Å². The second kappa shape index (κ2) is 7.38. The minimum absolute atomic E-state index is 0.101. The van der Waals surface area contributed by atoms with Gasteiger partial charge in [-0.3, -0.25) is 9.69 Å². The molecule has 1 aromatic heterocycles. The van der Waals surface area contributed by atoms with Gasteiger partial charge in [0.25, 0.3) is 0 Å². The van der Waals surface area contributed by atoms with Crippen molar-refractivity contribution in [3.63, 3.8) is 0 Å². The maximum absolute atomic E-state index is 10.4. The molecule has 106 valence electrons. The normalized spacial score (nSPS) is 17.7. The van der Waals surface area contributed by atoms with Gasteiger partial charge in [0.1, 0.15) is 0 Å². The molecule has 4 nitrogen and oxygen atoms in total. The summed E-state index contributed by atoms with van der Waals surface area (Å²) in [4.78, 5) is 14.2. The monoisotopic (exact) mass is 347 g/mol. The van der Waals surface area contributed by atoms with Gasteiger partial charge in [-0.2, -0.15) is 0 Å². The first-order valence-electron chi connectivity index (χ1n) is 6.42. The van der Waals surface area contributed by atoms with Crippen molar-refractivity contribution in [2.24, 2.45) is 0 Å². The van der Waals surface area contributed by atoms with Crippen molar-refractivity contribution in [1.29, 1.82) is 0 Å². The molecule has 0 aliphatic carbocycles. The Morgan fingerprint density at radius 3 is 2.84 bits per heavy atom. The molecule has 0 aromatic carbocycles. The number of carboxylic acids is 1. The molecular formula is C13H18BrNO3S. The van der Waals surface area contributed by atoms with Gasteiger partial charge >= 0.3 is 5.97 Å². The van der Waals surface area contributed by atoms with Gasteiger partial charge in [0.15, 0.2) is 0 Å². The highest BCUT2D eigenvalue weighted by Gasteiger charge is 2.20. The third kappa shape index (κ3) is 5.22. The molecule has 19 heavy (non-hydrogen) atoms. The first-order chi connectivity index (χ1) is 9.13. The van der Waals surface area contributed by atoms with E-state index in [1.807, 2.05) is 0 Å². The zero-order chi connectivity index (χ0) is 13.7. The first kappa shape index (κ1) is 15.0. The van der Waals surface area contributed by atoms with Crippen molar-refractivity contribution in [2.75, 3.05) is 19.7 Å². The van der Waals surface area contributed by atoms with Gasteiger partial charge in [-0.15, -0.1) is 11.3 Å². The Bertz CT molecular complexity index is 416. The summed E-state index contributed by atoms with van der Waals surface area (Å²) in [5.41, 5.74) is 0. The zero-order valence-electron chi connectivity index (χ0n) is 10.7. The molecule has 1 fully saturated rings. The maximum atomic E-state index is 10.4. The molecule has 1 aliphatic heterocycles. The molecular weight excluding hydrogens is 330 g/mol. The molecule has 0 atom stereocenters. The fraction of sp³-hybridized carbons (Fsp3) is 0.615. The molecule has 1 N–H and O–H groups in total. The van der Waals surface area contributed by atoms with Crippen LogP contribution in [-0.2, 0) is 16.1 Å². The molecule has 0 bridgehead atoms. The number of ether oxygens (including phenoxy) is 1. The number of likely N-dealkylation sites (tertiary alicyclic amines) is 1. The van der Waals surface area contributed by atoms with Gasteiger partial charge in [-0.1, -0.05) is 0 Å². The lowest BCUT2D eigenvalue weighted by atomic mass is 10.1. The van der Waals surface area contributed by atoms with E-state index in [2.05, 4.69) is 32.3 Å². The predicted molar refractivity (Wildman–Crippen MR) is 78.5 cm³/mol. The lowest BCUT2D eigenvalue weighted by molar-refractivity contribution is -0.138. The summed E-state index contributed by atoms with van der Waals surface area (Å²) in [5, 5.41) is 10.7. The summed E-state index contributed by atoms with van der Waals surface area (Å²) in [6.45, 7) is 3.37. The van der Waals surface area contributed by atoms with E-state index in [1.54, 1.807) is 11.3 Å². The minimum Gasteiger partial charge on any atom is -0.481 e. The number of carboxylic acid groups (broad SMARTS) is 1. The van der Waals surface area contributed by atoms with Crippen LogP contribution in [0.3, 0.4) is 0 Å². The molecule has 2 heterocycles. The van der Waals surface area contributed by atoms with Gasteiger partial charge in [0.05, 0.1) is 19.1 Å². The largest absolute Gasteiger partial charge is 0.481 e. The van der Waals surface area contributed by atoms with Crippen LogP contribution in [-0.4, -0.2) is 41.8 Å². The van der Waals surface area contributed by atoms with Gasteiger partial charge < -0.3 is 9.84 Å². The van der Waals surface area contributed by atoms with E-state index in [4.69, 9.17) is 9.84 Å². The third-order valence-electron chi connectivity index (χ3n) is 3.21. The van der Waals surface area contributed by atoms with Crippen molar-refractivity contribution in [3.05, 3.63) is 20.8 Å². The van der Waals surface area contributed by atoms with Crippen LogP contribution in [0, 0.1) is 0 Å². The summed E-state index contributed by atoms with van der Waals surface area (Å²) in [6, 6.07) is 2.17. The van der Waals surface area contributed by atoms with Crippen molar-refractivity contribution >= 4 is 33.2 Å². The second-order valence-electron chi connectivity index (χ2n) is 4.72. The Morgan fingerprint density at radius 2 is 2.26 bits per heavy atom. The average molecular weight is 348 g/mol. The van der Waals surface area contributed by atoms with E-state index in [-0.39, 0.29) is 12.5 Å². The van der Waals surface area contributed by atoms with E-state index >= 15 is 0 Å². The van der Waals surface area contributed by atoms with Crippen LogP contribution in [0.15, 0.2) is 15.9 Å². The van der Waals surface area contributed by atoms with Crippen molar-refractivity contribution < 1.29 is 14.6 Å². The first-order valence-corrected chi connectivity index (χ1v) is 8.09. The molecule has 0 radical (unpaired) electrons. The van der Waals surface area contributed by atoms with Crippen LogP contribution >= 0.6 is 27.3 Å². The minimum atomic E-state index is -0.791. The number of halogens is 1. The average Bonchev–Trinajstić information content (AvgIpc) is 2.77. The summed E-state index contributed by atoms with van der Waals surface area (Å²) in [5.74, 6) is -0.791. The smallest absolute Gasteiger partial charge is 0.305 e. The van der Waals surface area contributed by atoms with Crippen molar-refractivity contribution in [3.8, 4) is 0 Å². The number of nitrogens with zero attached hydrogens (tertiary/aromatic N) is 1. The van der Waals surface area contributed by atoms with Crippen LogP contribution in [0.1, 0.15) is 24.1 Å². The van der Waals surface area contributed by atoms with E-state index in [9.17, 15) is 4.79 Å². The van der Waals surface area contributed by atoms with Gasteiger partial charge in [0, 0.05) is 34.4 Å². The quantitative estimate of drug-likeness (QED) is 0.859. The molecule has 1 saturated heterocycles. The fourth-order valence-electron chi connectivity index (χ4n) is 2.20. The molecule has 0 amide bonds. The van der Waals surface area contributed by atoms with E-state index in [0.717, 1.165) is 36.9 Å². The molecule has 1 aliphatic rings. The topological polar surface area (TPSA) is 49.8 Å². The molecule has 0 saturated carbocycles. The lowest BCUT2D eigenvalue weighted by Gasteiger charge is -2.31. The Hall–Kier alpha value is -0.430. The van der Waals surface area contributed by atoms with Crippen LogP contribution in [0.4, 0.5) is 0 Å². The molecule has 2 rings (SSSR count). The number of rotatable bonds is 6. The standard InChI is InChI=1S/C13H18BrNO3S/c14-10-7-12(19-9-10)8-15-4-1-11(2-5-15)18-6-3-13(16)17/h7,9,11H,1-6,8H2,(H,16,17). The Morgan fingerprint density at radius 1 is 1.53 bits per heavy atom. The zero-order valence-corrected chi connectivity index (χ0v) is 13.1. The lowest BCUT2D eigenvalue weighted by Crippen LogP contribution is -2.36.